The Morgan fingerprint density at radius 2 is 2.19 bits per heavy atom. The fourth-order valence-corrected chi connectivity index (χ4v) is 3.09. The normalized spacial score (nSPS) is 12.6. The Bertz CT molecular complexity index is 718. The van der Waals surface area contributed by atoms with E-state index in [2.05, 4.69) is 10.3 Å². The molecule has 114 valence electrons. The van der Waals surface area contributed by atoms with Crippen molar-refractivity contribution in [1.29, 1.82) is 0 Å². The Labute approximate surface area is 128 Å². The number of hydrogen-bond donors (Lipinski definition) is 1. The summed E-state index contributed by atoms with van der Waals surface area (Å²) in [6.45, 7) is 8.28. The third kappa shape index (κ3) is 3.32. The standard InChI is InChI=1S/C15H21N3O2S/c1-5-9(2)17-12(19)6-7-18-8-16-14-13(15(18)20)10(3)11(4)21-14/h8-9H,5-7H2,1-4H3,(H,17,19). The monoisotopic (exact) mass is 307 g/mol. The summed E-state index contributed by atoms with van der Waals surface area (Å²) >= 11 is 1.53. The molecule has 0 saturated carbocycles. The second-order valence-corrected chi connectivity index (χ2v) is 6.54. The van der Waals surface area contributed by atoms with Crippen molar-refractivity contribution < 1.29 is 4.79 Å². The lowest BCUT2D eigenvalue weighted by Crippen LogP contribution is -2.33. The zero-order valence-electron chi connectivity index (χ0n) is 12.9. The topological polar surface area (TPSA) is 64.0 Å². The van der Waals surface area contributed by atoms with Crippen molar-refractivity contribution in [2.75, 3.05) is 0 Å². The van der Waals surface area contributed by atoms with Crippen molar-refractivity contribution in [3.63, 3.8) is 0 Å². The molecule has 0 saturated heterocycles. The largest absolute Gasteiger partial charge is 0.354 e. The predicted octanol–water partition coefficient (Wildman–Crippen LogP) is 2.38. The molecule has 0 bridgehead atoms. The van der Waals surface area contributed by atoms with Gasteiger partial charge in [-0.3, -0.25) is 14.2 Å². The molecule has 5 nitrogen and oxygen atoms in total. The molecule has 0 spiro atoms. The molecule has 1 unspecified atom stereocenters. The molecule has 2 aromatic rings. The Morgan fingerprint density at radius 3 is 2.86 bits per heavy atom. The summed E-state index contributed by atoms with van der Waals surface area (Å²) in [6, 6.07) is 0.164. The molecule has 2 aromatic heterocycles. The average Bonchev–Trinajstić information content (AvgIpc) is 2.74. The van der Waals surface area contributed by atoms with Gasteiger partial charge in [-0.2, -0.15) is 0 Å². The summed E-state index contributed by atoms with van der Waals surface area (Å²) in [5.41, 5.74) is 0.934. The third-order valence-electron chi connectivity index (χ3n) is 3.76. The first-order chi connectivity index (χ1) is 9.93. The summed E-state index contributed by atoms with van der Waals surface area (Å²) in [5.74, 6) is -0.0328. The summed E-state index contributed by atoms with van der Waals surface area (Å²) in [7, 11) is 0. The maximum Gasteiger partial charge on any atom is 0.262 e. The van der Waals surface area contributed by atoms with Gasteiger partial charge in [-0.1, -0.05) is 6.92 Å². The van der Waals surface area contributed by atoms with Gasteiger partial charge in [0.2, 0.25) is 5.91 Å². The molecule has 1 amide bonds. The second-order valence-electron chi connectivity index (χ2n) is 5.33. The van der Waals surface area contributed by atoms with Gasteiger partial charge < -0.3 is 5.32 Å². The number of carbonyl (C=O) groups excluding carboxylic acids is 1. The average molecular weight is 307 g/mol. The number of thiophene rings is 1. The smallest absolute Gasteiger partial charge is 0.262 e. The number of aromatic nitrogens is 2. The van der Waals surface area contributed by atoms with E-state index in [1.165, 1.54) is 22.2 Å². The summed E-state index contributed by atoms with van der Waals surface area (Å²) in [4.78, 5) is 30.5. The van der Waals surface area contributed by atoms with Gasteiger partial charge in [-0.05, 0) is 32.8 Å². The van der Waals surface area contributed by atoms with Crippen molar-refractivity contribution in [2.45, 2.75) is 53.1 Å². The highest BCUT2D eigenvalue weighted by molar-refractivity contribution is 7.18. The summed E-state index contributed by atoms with van der Waals surface area (Å²) in [5, 5.41) is 3.58. The number of fused-ring (bicyclic) bond motifs is 1. The fourth-order valence-electron chi connectivity index (χ4n) is 2.10. The number of nitrogens with zero attached hydrogens (tertiary/aromatic N) is 2. The van der Waals surface area contributed by atoms with E-state index in [1.54, 1.807) is 0 Å². The SMILES string of the molecule is CCC(C)NC(=O)CCn1cnc2sc(C)c(C)c2c1=O. The highest BCUT2D eigenvalue weighted by Crippen LogP contribution is 2.25. The number of amides is 1. The summed E-state index contributed by atoms with van der Waals surface area (Å²) < 4.78 is 1.53. The van der Waals surface area contributed by atoms with E-state index in [4.69, 9.17) is 0 Å². The molecule has 0 fully saturated rings. The molecule has 6 heteroatoms. The van der Waals surface area contributed by atoms with Crippen molar-refractivity contribution >= 4 is 27.5 Å². The number of rotatable bonds is 5. The molecule has 21 heavy (non-hydrogen) atoms. The lowest BCUT2D eigenvalue weighted by molar-refractivity contribution is -0.121. The number of nitrogens with one attached hydrogen (secondary N) is 1. The third-order valence-corrected chi connectivity index (χ3v) is 4.87. The maximum atomic E-state index is 12.5. The van der Waals surface area contributed by atoms with Crippen LogP contribution in [0.3, 0.4) is 0 Å². The van der Waals surface area contributed by atoms with Crippen LogP contribution >= 0.6 is 11.3 Å². The lowest BCUT2D eigenvalue weighted by Gasteiger charge is -2.11. The summed E-state index contributed by atoms with van der Waals surface area (Å²) in [6.07, 6.45) is 2.72. The fraction of sp³-hybridized carbons (Fsp3) is 0.533. The van der Waals surface area contributed by atoms with Crippen LogP contribution in [0.1, 0.15) is 37.1 Å². The predicted molar refractivity (Wildman–Crippen MR) is 85.9 cm³/mol. The first-order valence-electron chi connectivity index (χ1n) is 7.18. The van der Waals surface area contributed by atoms with Crippen LogP contribution < -0.4 is 10.9 Å². The number of hydrogen-bond acceptors (Lipinski definition) is 4. The zero-order chi connectivity index (χ0) is 15.6. The van der Waals surface area contributed by atoms with Crippen LogP contribution in [0.15, 0.2) is 11.1 Å². The first kappa shape index (κ1) is 15.7. The van der Waals surface area contributed by atoms with Gasteiger partial charge in [0.15, 0.2) is 0 Å². The first-order valence-corrected chi connectivity index (χ1v) is 8.00. The highest BCUT2D eigenvalue weighted by Gasteiger charge is 2.13. The minimum atomic E-state index is -0.0572. The van der Waals surface area contributed by atoms with E-state index in [0.717, 1.165) is 21.7 Å². The van der Waals surface area contributed by atoms with E-state index in [9.17, 15) is 9.59 Å². The van der Waals surface area contributed by atoms with Gasteiger partial charge in [0, 0.05) is 23.9 Å². The van der Waals surface area contributed by atoms with Crippen LogP contribution in [0, 0.1) is 13.8 Å². The van der Waals surface area contributed by atoms with Crippen LogP contribution in [0.5, 0.6) is 0 Å². The van der Waals surface area contributed by atoms with Crippen LogP contribution in [0.4, 0.5) is 0 Å². The Hall–Kier alpha value is -1.69. The van der Waals surface area contributed by atoms with Gasteiger partial charge >= 0.3 is 0 Å². The quantitative estimate of drug-likeness (QED) is 0.922. The molecule has 0 aromatic carbocycles. The molecule has 1 atom stereocenters. The van der Waals surface area contributed by atoms with Gasteiger partial charge in [0.05, 0.1) is 11.7 Å². The van der Waals surface area contributed by atoms with Gasteiger partial charge in [0.25, 0.3) is 5.56 Å². The minimum Gasteiger partial charge on any atom is -0.354 e. The lowest BCUT2D eigenvalue weighted by atomic mass is 10.2. The van der Waals surface area contributed by atoms with Gasteiger partial charge in [0.1, 0.15) is 4.83 Å². The molecule has 0 aliphatic carbocycles. The van der Waals surface area contributed by atoms with Crippen molar-refractivity contribution in [3.05, 3.63) is 27.1 Å². The Balaban J connectivity index is 2.16. The van der Waals surface area contributed by atoms with Crippen molar-refractivity contribution in [1.82, 2.24) is 14.9 Å². The molecule has 0 radical (unpaired) electrons. The molecule has 1 N–H and O–H groups in total. The molecule has 0 aliphatic rings. The van der Waals surface area contributed by atoms with Gasteiger partial charge in [-0.25, -0.2) is 4.98 Å². The Kier molecular flexibility index (Phi) is 4.77. The Morgan fingerprint density at radius 1 is 1.48 bits per heavy atom. The highest BCUT2D eigenvalue weighted by atomic mass is 32.1. The van der Waals surface area contributed by atoms with Crippen LogP contribution in [-0.2, 0) is 11.3 Å². The second kappa shape index (κ2) is 6.39. The molecular weight excluding hydrogens is 286 g/mol. The molecule has 2 heterocycles. The van der Waals surface area contributed by atoms with Crippen molar-refractivity contribution in [2.24, 2.45) is 0 Å². The number of carbonyl (C=O) groups is 1. The van der Waals surface area contributed by atoms with Crippen LogP contribution in [0.25, 0.3) is 10.2 Å². The van der Waals surface area contributed by atoms with E-state index in [1.807, 2.05) is 27.7 Å². The minimum absolute atomic E-state index is 0.0328. The molecule has 2 rings (SSSR count). The molecule has 0 aliphatic heterocycles. The number of aryl methyl sites for hydroxylation is 3. The van der Waals surface area contributed by atoms with E-state index in [0.29, 0.717) is 18.4 Å². The van der Waals surface area contributed by atoms with Crippen LogP contribution in [-0.4, -0.2) is 21.5 Å². The van der Waals surface area contributed by atoms with E-state index < -0.39 is 0 Å². The van der Waals surface area contributed by atoms with Crippen LogP contribution in [0.2, 0.25) is 0 Å². The molecular formula is C15H21N3O2S. The van der Waals surface area contributed by atoms with E-state index >= 15 is 0 Å². The van der Waals surface area contributed by atoms with E-state index in [-0.39, 0.29) is 17.5 Å². The zero-order valence-corrected chi connectivity index (χ0v) is 13.7. The van der Waals surface area contributed by atoms with Gasteiger partial charge in [-0.15, -0.1) is 11.3 Å². The maximum absolute atomic E-state index is 12.5. The van der Waals surface area contributed by atoms with Crippen molar-refractivity contribution in [3.8, 4) is 0 Å².